The maximum atomic E-state index is 14.4. The zero-order valence-corrected chi connectivity index (χ0v) is 16.3. The molecule has 0 amide bonds. The van der Waals surface area contributed by atoms with E-state index in [0.29, 0.717) is 35.9 Å². The Labute approximate surface area is 162 Å². The fourth-order valence-electron chi connectivity index (χ4n) is 2.91. The maximum absolute atomic E-state index is 14.4. The molecular weight excluding hydrogens is 395 g/mol. The largest absolute Gasteiger partial charge is 0.490 e. The minimum absolute atomic E-state index is 0.0939. The van der Waals surface area contributed by atoms with Crippen LogP contribution in [0.25, 0.3) is 11.3 Å². The number of ether oxygens (including phenoxy) is 2. The zero-order valence-electron chi connectivity index (χ0n) is 14.7. The van der Waals surface area contributed by atoms with Gasteiger partial charge in [0.05, 0.1) is 30.2 Å². The summed E-state index contributed by atoms with van der Waals surface area (Å²) in [5, 5.41) is 0.506. The third-order valence-electron chi connectivity index (χ3n) is 4.25. The molecule has 1 aromatic carbocycles. The molecule has 1 N–H and O–H groups in total. The van der Waals surface area contributed by atoms with Crippen LogP contribution in [0.3, 0.4) is 0 Å². The van der Waals surface area contributed by atoms with Gasteiger partial charge in [0.2, 0.25) is 10.0 Å². The van der Waals surface area contributed by atoms with Crippen molar-refractivity contribution in [3.63, 3.8) is 0 Å². The molecule has 1 aromatic heterocycles. The van der Waals surface area contributed by atoms with E-state index >= 15 is 0 Å². The second-order valence-corrected chi connectivity index (χ2v) is 8.65. The van der Waals surface area contributed by atoms with Gasteiger partial charge in [0.25, 0.3) is 0 Å². The first kappa shape index (κ1) is 20.0. The van der Waals surface area contributed by atoms with Gasteiger partial charge < -0.3 is 9.47 Å². The number of hydrogen-bond acceptors (Lipinski definition) is 5. The van der Waals surface area contributed by atoms with E-state index in [-0.39, 0.29) is 24.3 Å². The molecule has 0 radical (unpaired) electrons. The molecule has 0 spiro atoms. The Morgan fingerprint density at radius 1 is 1.37 bits per heavy atom. The van der Waals surface area contributed by atoms with E-state index in [4.69, 9.17) is 21.1 Å². The van der Waals surface area contributed by atoms with Gasteiger partial charge in [-0.25, -0.2) is 17.5 Å². The zero-order chi connectivity index (χ0) is 19.4. The minimum atomic E-state index is -3.34. The van der Waals surface area contributed by atoms with Crippen molar-refractivity contribution in [3.8, 4) is 17.0 Å². The highest BCUT2D eigenvalue weighted by atomic mass is 35.5. The van der Waals surface area contributed by atoms with E-state index in [1.54, 1.807) is 18.2 Å². The summed E-state index contributed by atoms with van der Waals surface area (Å²) in [7, 11) is -3.34. The number of aromatic nitrogens is 1. The van der Waals surface area contributed by atoms with E-state index in [9.17, 15) is 12.8 Å². The van der Waals surface area contributed by atoms with Crippen LogP contribution in [-0.4, -0.2) is 45.5 Å². The van der Waals surface area contributed by atoms with E-state index < -0.39 is 15.8 Å². The first-order valence-electron chi connectivity index (χ1n) is 8.41. The number of halogens is 2. The summed E-state index contributed by atoms with van der Waals surface area (Å²) in [4.78, 5) is 4.16. The Morgan fingerprint density at radius 3 is 2.85 bits per heavy atom. The monoisotopic (exact) mass is 414 g/mol. The summed E-state index contributed by atoms with van der Waals surface area (Å²) in [6, 6.07) is 7.68. The van der Waals surface area contributed by atoms with Crippen LogP contribution >= 0.6 is 11.6 Å². The van der Waals surface area contributed by atoms with Gasteiger partial charge in [-0.15, -0.1) is 0 Å². The molecule has 2 heterocycles. The van der Waals surface area contributed by atoms with Crippen LogP contribution in [0.2, 0.25) is 5.02 Å². The van der Waals surface area contributed by atoms with E-state index in [2.05, 4.69) is 9.71 Å². The van der Waals surface area contributed by atoms with Gasteiger partial charge in [-0.2, -0.15) is 0 Å². The van der Waals surface area contributed by atoms with Gasteiger partial charge >= 0.3 is 0 Å². The maximum Gasteiger partial charge on any atom is 0.208 e. The Bertz CT molecular complexity index is 893. The van der Waals surface area contributed by atoms with Crippen molar-refractivity contribution in [2.75, 3.05) is 26.1 Å². The molecule has 146 valence electrons. The quantitative estimate of drug-likeness (QED) is 0.786. The summed E-state index contributed by atoms with van der Waals surface area (Å²) in [6.45, 7) is 0.963. The number of nitrogens with one attached hydrogen (secondary N) is 1. The third kappa shape index (κ3) is 5.62. The average Bonchev–Trinajstić information content (AvgIpc) is 2.61. The van der Waals surface area contributed by atoms with Gasteiger partial charge in [-0.05, 0) is 36.8 Å². The first-order valence-corrected chi connectivity index (χ1v) is 10.7. The fourth-order valence-corrected chi connectivity index (χ4v) is 3.88. The van der Waals surface area contributed by atoms with Gasteiger partial charge in [0.1, 0.15) is 0 Å². The summed E-state index contributed by atoms with van der Waals surface area (Å²) in [5.74, 6) is -0.629. The molecule has 0 aliphatic carbocycles. The molecule has 1 aliphatic rings. The van der Waals surface area contributed by atoms with E-state index in [1.165, 1.54) is 18.3 Å². The second kappa shape index (κ2) is 8.52. The highest BCUT2D eigenvalue weighted by molar-refractivity contribution is 7.88. The molecule has 27 heavy (non-hydrogen) atoms. The molecule has 1 saturated heterocycles. The lowest BCUT2D eigenvalue weighted by molar-refractivity contribution is 0.0181. The fraction of sp³-hybridized carbons (Fsp3) is 0.389. The molecular formula is C18H20ClFN2O4S. The Morgan fingerprint density at radius 2 is 2.19 bits per heavy atom. The van der Waals surface area contributed by atoms with Gasteiger partial charge in [-0.1, -0.05) is 11.6 Å². The minimum Gasteiger partial charge on any atom is -0.490 e. The van der Waals surface area contributed by atoms with E-state index in [0.717, 1.165) is 6.26 Å². The lowest BCUT2D eigenvalue weighted by Gasteiger charge is -2.31. The molecule has 9 heteroatoms. The summed E-state index contributed by atoms with van der Waals surface area (Å²) in [6.07, 6.45) is 3.16. The van der Waals surface area contributed by atoms with Crippen molar-refractivity contribution in [1.29, 1.82) is 0 Å². The molecule has 0 saturated carbocycles. The van der Waals surface area contributed by atoms with Crippen molar-refractivity contribution in [2.45, 2.75) is 12.5 Å². The van der Waals surface area contributed by atoms with Gasteiger partial charge in [-0.3, -0.25) is 4.98 Å². The predicted octanol–water partition coefficient (Wildman–Crippen LogP) is 2.87. The van der Waals surface area contributed by atoms with Crippen LogP contribution < -0.4 is 9.46 Å². The molecule has 0 bridgehead atoms. The van der Waals surface area contributed by atoms with Crippen LogP contribution in [0.4, 0.5) is 4.39 Å². The van der Waals surface area contributed by atoms with Crippen LogP contribution in [0, 0.1) is 11.7 Å². The smallest absolute Gasteiger partial charge is 0.208 e. The normalized spacial score (nSPS) is 20.4. The number of nitrogens with zero attached hydrogens (tertiary/aromatic N) is 1. The number of pyridine rings is 1. The van der Waals surface area contributed by atoms with Crippen LogP contribution in [0.15, 0.2) is 36.5 Å². The molecule has 2 aromatic rings. The van der Waals surface area contributed by atoms with E-state index in [1.807, 2.05) is 0 Å². The topological polar surface area (TPSA) is 77.5 Å². The average molecular weight is 415 g/mol. The SMILES string of the molecule is CS(=O)(=O)N[C@@H]1CCOC[C@H]1COc1ccc(-c2ccc(Cl)cn2)cc1F. The lowest BCUT2D eigenvalue weighted by atomic mass is 9.98. The highest BCUT2D eigenvalue weighted by Gasteiger charge is 2.29. The first-order chi connectivity index (χ1) is 12.8. The number of hydrogen-bond donors (Lipinski definition) is 1. The molecule has 3 rings (SSSR count). The third-order valence-corrected chi connectivity index (χ3v) is 5.20. The summed E-state index contributed by atoms with van der Waals surface area (Å²) < 4.78 is 51.0. The molecule has 1 fully saturated rings. The summed E-state index contributed by atoms with van der Waals surface area (Å²) in [5.41, 5.74) is 1.21. The standard InChI is InChI=1S/C18H20ClFN2O4S/c1-27(23,24)22-17-6-7-25-10-13(17)11-26-18-5-2-12(8-15(18)20)16-4-3-14(19)9-21-16/h2-5,8-9,13,17,22H,6-7,10-11H2,1H3/t13-,17+/m0/s1. The van der Waals surface area contributed by atoms with Crippen LogP contribution in [-0.2, 0) is 14.8 Å². The van der Waals surface area contributed by atoms with Crippen LogP contribution in [0.5, 0.6) is 5.75 Å². The lowest BCUT2D eigenvalue weighted by Crippen LogP contribution is -2.47. The molecule has 2 atom stereocenters. The van der Waals surface area contributed by atoms with Crippen molar-refractivity contribution >= 4 is 21.6 Å². The van der Waals surface area contributed by atoms with Gasteiger partial charge in [0.15, 0.2) is 11.6 Å². The second-order valence-electron chi connectivity index (χ2n) is 6.44. The number of benzene rings is 1. The summed E-state index contributed by atoms with van der Waals surface area (Å²) >= 11 is 5.81. The van der Waals surface area contributed by atoms with Crippen molar-refractivity contribution < 1.29 is 22.3 Å². The number of rotatable bonds is 6. The number of sulfonamides is 1. The highest BCUT2D eigenvalue weighted by Crippen LogP contribution is 2.26. The Kier molecular flexibility index (Phi) is 6.31. The van der Waals surface area contributed by atoms with Crippen molar-refractivity contribution in [2.24, 2.45) is 5.92 Å². The van der Waals surface area contributed by atoms with Crippen molar-refractivity contribution in [1.82, 2.24) is 9.71 Å². The molecule has 0 unspecified atom stereocenters. The van der Waals surface area contributed by atoms with Gasteiger partial charge in [0, 0.05) is 30.3 Å². The Hall–Kier alpha value is -1.74. The molecule has 1 aliphatic heterocycles. The van der Waals surface area contributed by atoms with Crippen molar-refractivity contribution in [3.05, 3.63) is 47.4 Å². The van der Waals surface area contributed by atoms with Crippen LogP contribution in [0.1, 0.15) is 6.42 Å². The molecule has 6 nitrogen and oxygen atoms in total. The Balaban J connectivity index is 1.67. The predicted molar refractivity (Wildman–Crippen MR) is 101 cm³/mol.